The maximum absolute atomic E-state index is 13.9. The Balaban J connectivity index is 1.50. The van der Waals surface area contributed by atoms with Gasteiger partial charge >= 0.3 is 11.9 Å². The Kier molecular flexibility index (Phi) is 8.24. The number of hydrogen-bond acceptors (Lipinski definition) is 13. The number of benzene rings is 1. The summed E-state index contributed by atoms with van der Waals surface area (Å²) < 4.78 is 42.7. The van der Waals surface area contributed by atoms with Gasteiger partial charge in [0.05, 0.1) is 37.6 Å². The highest BCUT2D eigenvalue weighted by atomic mass is 16.6. The first-order valence-electron chi connectivity index (χ1n) is 16.9. The number of carbonyl (C=O) groups excluding carboxylic acids is 2. The maximum atomic E-state index is 13.9. The fourth-order valence-corrected chi connectivity index (χ4v) is 12.5. The molecule has 1 unspecified atom stereocenters. The van der Waals surface area contributed by atoms with Gasteiger partial charge in [0.1, 0.15) is 29.7 Å². The van der Waals surface area contributed by atoms with Gasteiger partial charge in [0.2, 0.25) is 0 Å². The molecule has 1 aromatic rings. The Morgan fingerprint density at radius 3 is 2.25 bits per heavy atom. The van der Waals surface area contributed by atoms with Gasteiger partial charge in [-0.3, -0.25) is 9.69 Å². The lowest BCUT2D eigenvalue weighted by Gasteiger charge is -2.70. The smallest absolute Gasteiger partial charge is 0.338 e. The van der Waals surface area contributed by atoms with Crippen molar-refractivity contribution in [3.05, 3.63) is 29.8 Å². The average molecular weight is 676 g/mol. The molecule has 5 saturated carbocycles. The van der Waals surface area contributed by atoms with E-state index < -0.39 is 94.3 Å². The molecular weight excluding hydrogens is 626 g/mol. The summed E-state index contributed by atoms with van der Waals surface area (Å²) in [7, 11) is 7.77. The predicted molar refractivity (Wildman–Crippen MR) is 167 cm³/mol. The first-order chi connectivity index (χ1) is 22.9. The first kappa shape index (κ1) is 34.1. The summed E-state index contributed by atoms with van der Waals surface area (Å²) >= 11 is 0. The normalized spacial score (nSPS) is 48.2. The summed E-state index contributed by atoms with van der Waals surface area (Å²) in [5.41, 5.74) is -4.94. The van der Waals surface area contributed by atoms with Gasteiger partial charge in [0.15, 0.2) is 5.60 Å². The number of nitrogens with zero attached hydrogens (tertiary/aromatic N) is 1. The van der Waals surface area contributed by atoms with Crippen LogP contribution in [0, 0.1) is 34.5 Å². The van der Waals surface area contributed by atoms with E-state index in [1.54, 1.807) is 45.6 Å². The van der Waals surface area contributed by atoms with E-state index in [1.165, 1.54) is 21.1 Å². The van der Waals surface area contributed by atoms with Gasteiger partial charge in [-0.2, -0.15) is 0 Å². The zero-order valence-electron chi connectivity index (χ0n) is 28.7. The van der Waals surface area contributed by atoms with Gasteiger partial charge < -0.3 is 48.5 Å². The number of esters is 2. The van der Waals surface area contributed by atoms with Crippen LogP contribution in [0.5, 0.6) is 5.75 Å². The minimum Gasteiger partial charge on any atom is -0.497 e. The molecule has 0 radical (unpaired) electrons. The molecule has 1 saturated heterocycles. The molecule has 6 aliphatic rings. The van der Waals surface area contributed by atoms with E-state index in [2.05, 4.69) is 4.90 Å². The van der Waals surface area contributed by atoms with Crippen molar-refractivity contribution in [3.63, 3.8) is 0 Å². The minimum atomic E-state index is -1.86. The van der Waals surface area contributed by atoms with Gasteiger partial charge in [-0.25, -0.2) is 4.79 Å². The number of aliphatic hydroxyl groups is 3. The van der Waals surface area contributed by atoms with Gasteiger partial charge in [-0.15, -0.1) is 0 Å². The lowest BCUT2D eigenvalue weighted by Crippen LogP contribution is -2.81. The Hall–Kier alpha value is -2.36. The number of piperidine rings is 1. The molecule has 1 aliphatic heterocycles. The third-order valence-electron chi connectivity index (χ3n) is 13.5. The lowest BCUT2D eigenvalue weighted by atomic mass is 9.42. The predicted octanol–water partition coefficient (Wildman–Crippen LogP) is 0.657. The van der Waals surface area contributed by atoms with Gasteiger partial charge in [-0.1, -0.05) is 6.92 Å². The van der Waals surface area contributed by atoms with Crippen LogP contribution in [0.25, 0.3) is 0 Å². The molecule has 15 atom stereocenters. The molecule has 1 spiro atoms. The van der Waals surface area contributed by atoms with Crippen molar-refractivity contribution in [2.24, 2.45) is 34.5 Å². The number of rotatable bonds is 10. The Bertz CT molecular complexity index is 1430. The molecule has 1 aromatic carbocycles. The van der Waals surface area contributed by atoms with E-state index in [0.717, 1.165) is 0 Å². The van der Waals surface area contributed by atoms with E-state index in [-0.39, 0.29) is 24.6 Å². The quantitative estimate of drug-likeness (QED) is 0.297. The van der Waals surface area contributed by atoms with Crippen molar-refractivity contribution in [1.29, 1.82) is 0 Å². The number of fused-ring (bicyclic) bond motifs is 2. The SMILES string of the molecule is CCN1C[C@]2(COC)C(O)C[C@H](OC)[C@@]34[C@@H]5C[C@]6(O)[C@H](OC(=O)c7ccc(OC)cc7)[C@@H]5[C@@](OC(C)=O)([C@@H]([C@H](OC)[C@H]23)[C@@H]14)[C@@H](O)[C@@H]6OC. The van der Waals surface area contributed by atoms with Crippen molar-refractivity contribution in [1.82, 2.24) is 4.90 Å². The zero-order valence-corrected chi connectivity index (χ0v) is 28.7. The highest BCUT2D eigenvalue weighted by Gasteiger charge is 2.92. The van der Waals surface area contributed by atoms with E-state index in [4.69, 9.17) is 33.2 Å². The van der Waals surface area contributed by atoms with Crippen LogP contribution >= 0.6 is 0 Å². The minimum absolute atomic E-state index is 0.0591. The summed E-state index contributed by atoms with van der Waals surface area (Å²) in [5, 5.41) is 37.4. The monoisotopic (exact) mass is 675 g/mol. The van der Waals surface area contributed by atoms with E-state index in [1.807, 2.05) is 6.92 Å². The summed E-state index contributed by atoms with van der Waals surface area (Å²) in [4.78, 5) is 29.5. The topological polar surface area (TPSA) is 163 Å². The van der Waals surface area contributed by atoms with E-state index in [0.29, 0.717) is 25.3 Å². The summed E-state index contributed by atoms with van der Waals surface area (Å²) in [6.45, 7) is 4.64. The Morgan fingerprint density at radius 2 is 1.69 bits per heavy atom. The highest BCUT2D eigenvalue weighted by Crippen LogP contribution is 2.80. The molecule has 1 heterocycles. The van der Waals surface area contributed by atoms with Crippen molar-refractivity contribution in [2.75, 3.05) is 55.2 Å². The number of hydrogen-bond donors (Lipinski definition) is 3. The number of methoxy groups -OCH3 is 5. The molecule has 7 rings (SSSR count). The summed E-state index contributed by atoms with van der Waals surface area (Å²) in [6, 6.07) is 6.10. The standard InChI is InChI=1S/C35H49NO12/c1-8-36-15-32(16-42-3)21(38)13-22(44-5)34-20-14-33(41)29(47-31(40)18-9-11-19(43-4)12-10-18)23(20)35(48-17(2)37,28(39)30(33)46-7)24(27(34)36)25(45-6)26(32)34/h9-12,20-30,38-39,41H,8,13-16H2,1-7H3/t20-,21?,22+,23-,24+,25+,26-,27-,28+,29-,30+,32+,33+,34+,35-/m1/s1. The third-order valence-corrected chi connectivity index (χ3v) is 13.5. The highest BCUT2D eigenvalue weighted by molar-refractivity contribution is 5.89. The summed E-state index contributed by atoms with van der Waals surface area (Å²) in [5.74, 6) is -3.23. The van der Waals surface area contributed by atoms with Crippen LogP contribution in [-0.2, 0) is 33.2 Å². The second kappa shape index (κ2) is 11.6. The molecule has 7 bridgehead atoms. The number of carbonyl (C=O) groups is 2. The Labute approximate surface area is 280 Å². The van der Waals surface area contributed by atoms with E-state index >= 15 is 0 Å². The van der Waals surface area contributed by atoms with Crippen molar-refractivity contribution in [3.8, 4) is 5.75 Å². The molecule has 13 heteroatoms. The lowest BCUT2D eigenvalue weighted by molar-refractivity contribution is -0.322. The average Bonchev–Trinajstić information content (AvgIpc) is 3.44. The molecule has 0 amide bonds. The first-order valence-corrected chi connectivity index (χ1v) is 16.9. The van der Waals surface area contributed by atoms with Crippen LogP contribution in [0.4, 0.5) is 0 Å². The third kappa shape index (κ3) is 3.90. The second-order valence-corrected chi connectivity index (χ2v) is 14.8. The second-order valence-electron chi connectivity index (χ2n) is 14.8. The molecule has 5 aliphatic carbocycles. The van der Waals surface area contributed by atoms with E-state index in [9.17, 15) is 24.9 Å². The maximum Gasteiger partial charge on any atom is 0.338 e. The van der Waals surface area contributed by atoms with Crippen molar-refractivity contribution in [2.45, 2.75) is 80.6 Å². The number of likely N-dealkylation sites (tertiary alicyclic amines) is 1. The fraction of sp³-hybridized carbons (Fsp3) is 0.771. The van der Waals surface area contributed by atoms with Crippen LogP contribution in [0.3, 0.4) is 0 Å². The molecule has 48 heavy (non-hydrogen) atoms. The van der Waals surface area contributed by atoms with Gasteiger partial charge in [0, 0.05) is 83.0 Å². The van der Waals surface area contributed by atoms with Crippen LogP contribution in [0.15, 0.2) is 24.3 Å². The van der Waals surface area contributed by atoms with Crippen LogP contribution in [0.1, 0.15) is 37.0 Å². The van der Waals surface area contributed by atoms with Gasteiger partial charge in [0.25, 0.3) is 0 Å². The number of aliphatic hydroxyl groups excluding tert-OH is 2. The molecule has 6 fully saturated rings. The van der Waals surface area contributed by atoms with Crippen molar-refractivity contribution >= 4 is 11.9 Å². The fourth-order valence-electron chi connectivity index (χ4n) is 12.5. The number of ether oxygens (including phenoxy) is 7. The molecule has 13 nitrogen and oxygen atoms in total. The zero-order chi connectivity index (χ0) is 34.6. The largest absolute Gasteiger partial charge is 0.497 e. The molecule has 266 valence electrons. The van der Waals surface area contributed by atoms with Crippen LogP contribution in [-0.4, -0.2) is 141 Å². The molecule has 0 aromatic heterocycles. The van der Waals surface area contributed by atoms with Gasteiger partial charge in [-0.05, 0) is 43.1 Å². The van der Waals surface area contributed by atoms with Crippen molar-refractivity contribution < 1.29 is 58.1 Å². The molecule has 3 N–H and O–H groups in total. The van der Waals surface area contributed by atoms with Crippen LogP contribution in [0.2, 0.25) is 0 Å². The summed E-state index contributed by atoms with van der Waals surface area (Å²) in [6.07, 6.45) is -5.64. The Morgan fingerprint density at radius 1 is 0.979 bits per heavy atom. The molecular formula is C35H49NO12. The van der Waals surface area contributed by atoms with Crippen LogP contribution < -0.4 is 4.74 Å².